The molecule has 3 rings (SSSR count). The van der Waals surface area contributed by atoms with Crippen molar-refractivity contribution in [2.24, 2.45) is 5.92 Å². The van der Waals surface area contributed by atoms with Crippen LogP contribution in [0.3, 0.4) is 0 Å². The van der Waals surface area contributed by atoms with Crippen molar-refractivity contribution in [1.82, 2.24) is 5.32 Å². The summed E-state index contributed by atoms with van der Waals surface area (Å²) in [5.74, 6) is 2.36. The van der Waals surface area contributed by atoms with Crippen molar-refractivity contribution >= 4 is 15.9 Å². The molecule has 2 heterocycles. The number of benzene rings is 1. The summed E-state index contributed by atoms with van der Waals surface area (Å²) < 4.78 is 12.6. The molecule has 3 nitrogen and oxygen atoms in total. The number of fused-ring (bicyclic) bond motifs is 1. The monoisotopic (exact) mass is 353 g/mol. The summed E-state index contributed by atoms with van der Waals surface area (Å²) in [5, 5.41) is 3.74. The molecule has 0 amide bonds. The average Bonchev–Trinajstić information content (AvgIpc) is 2.78. The fourth-order valence-electron chi connectivity index (χ4n) is 3.43. The van der Waals surface area contributed by atoms with Crippen LogP contribution in [0, 0.1) is 5.92 Å². The third-order valence-corrected chi connectivity index (χ3v) is 5.35. The lowest BCUT2D eigenvalue weighted by atomic mass is 9.80. The van der Waals surface area contributed by atoms with Gasteiger partial charge in [-0.1, -0.05) is 13.8 Å². The van der Waals surface area contributed by atoms with E-state index in [2.05, 4.69) is 47.2 Å². The topological polar surface area (TPSA) is 30.5 Å². The van der Waals surface area contributed by atoms with Crippen molar-refractivity contribution in [3.63, 3.8) is 0 Å². The smallest absolute Gasteiger partial charge is 0.175 e. The van der Waals surface area contributed by atoms with Gasteiger partial charge in [0.15, 0.2) is 11.5 Å². The zero-order valence-corrected chi connectivity index (χ0v) is 14.5. The van der Waals surface area contributed by atoms with Gasteiger partial charge in [-0.3, -0.25) is 0 Å². The molecule has 21 heavy (non-hydrogen) atoms. The number of nitrogens with one attached hydrogen (secondary N) is 1. The molecule has 0 aromatic heterocycles. The lowest BCUT2D eigenvalue weighted by Crippen LogP contribution is -2.46. The van der Waals surface area contributed by atoms with Crippen molar-refractivity contribution in [2.75, 3.05) is 19.8 Å². The van der Waals surface area contributed by atoms with Crippen LogP contribution >= 0.6 is 15.9 Å². The van der Waals surface area contributed by atoms with Gasteiger partial charge in [0.05, 0.1) is 17.7 Å². The molecule has 0 spiro atoms. The molecule has 1 saturated heterocycles. The summed E-state index contributed by atoms with van der Waals surface area (Å²) >= 11 is 3.65. The van der Waals surface area contributed by atoms with E-state index in [4.69, 9.17) is 9.47 Å². The lowest BCUT2D eigenvalue weighted by molar-refractivity contribution is 0.268. The molecule has 0 aliphatic carbocycles. The van der Waals surface area contributed by atoms with Gasteiger partial charge in [-0.25, -0.2) is 0 Å². The predicted octanol–water partition coefficient (Wildman–Crippen LogP) is 3.93. The van der Waals surface area contributed by atoms with E-state index in [9.17, 15) is 0 Å². The maximum absolute atomic E-state index is 5.85. The van der Waals surface area contributed by atoms with E-state index in [0.29, 0.717) is 5.92 Å². The van der Waals surface area contributed by atoms with Crippen molar-refractivity contribution in [2.45, 2.75) is 45.1 Å². The van der Waals surface area contributed by atoms with Crippen LogP contribution in [0.25, 0.3) is 0 Å². The second-order valence-corrected chi connectivity index (χ2v) is 7.33. The lowest BCUT2D eigenvalue weighted by Gasteiger charge is -2.34. The van der Waals surface area contributed by atoms with Crippen LogP contribution in [-0.4, -0.2) is 25.3 Å². The molecule has 116 valence electrons. The Bertz CT molecular complexity index is 510. The largest absolute Gasteiger partial charge is 0.490 e. The van der Waals surface area contributed by atoms with E-state index in [1.165, 1.54) is 18.4 Å². The third kappa shape index (κ3) is 3.07. The van der Waals surface area contributed by atoms with Crippen LogP contribution in [0.5, 0.6) is 11.5 Å². The summed E-state index contributed by atoms with van der Waals surface area (Å²) in [7, 11) is 0. The summed E-state index contributed by atoms with van der Waals surface area (Å²) in [6.45, 7) is 7.22. The minimum Gasteiger partial charge on any atom is -0.490 e. The van der Waals surface area contributed by atoms with Crippen molar-refractivity contribution in [3.8, 4) is 11.5 Å². The molecule has 1 atom stereocenters. The highest BCUT2D eigenvalue weighted by molar-refractivity contribution is 9.10. The Morgan fingerprint density at radius 1 is 1.24 bits per heavy atom. The molecule has 1 aromatic carbocycles. The van der Waals surface area contributed by atoms with E-state index in [-0.39, 0.29) is 5.54 Å². The minimum atomic E-state index is 0.221. The molecule has 2 aliphatic rings. The number of halogens is 1. The van der Waals surface area contributed by atoms with E-state index < -0.39 is 0 Å². The second kappa shape index (κ2) is 6.17. The highest BCUT2D eigenvalue weighted by atomic mass is 79.9. The Kier molecular flexibility index (Phi) is 4.46. The fourth-order valence-corrected chi connectivity index (χ4v) is 4.03. The van der Waals surface area contributed by atoms with Gasteiger partial charge >= 0.3 is 0 Å². The number of rotatable bonds is 3. The third-order valence-electron chi connectivity index (χ3n) is 4.76. The standard InChI is InChI=1S/C17H24BrNO2/c1-12(2)17(5-3-6-19-17)11-13-9-14(18)16-15(10-13)20-7-4-8-21-16/h9-10,12,19H,3-8,11H2,1-2H3. The van der Waals surface area contributed by atoms with Crippen LogP contribution < -0.4 is 14.8 Å². The molecule has 0 bridgehead atoms. The number of hydrogen-bond acceptors (Lipinski definition) is 3. The molecule has 0 saturated carbocycles. The van der Waals surface area contributed by atoms with Crippen molar-refractivity contribution < 1.29 is 9.47 Å². The fraction of sp³-hybridized carbons (Fsp3) is 0.647. The quantitative estimate of drug-likeness (QED) is 0.892. The molecule has 2 aliphatic heterocycles. The molecule has 1 aromatic rings. The minimum absolute atomic E-state index is 0.221. The Labute approximate surface area is 135 Å². The van der Waals surface area contributed by atoms with Crippen molar-refractivity contribution in [1.29, 1.82) is 0 Å². The summed E-state index contributed by atoms with van der Waals surface area (Å²) in [4.78, 5) is 0. The SMILES string of the molecule is CC(C)C1(Cc2cc(Br)c3c(c2)OCCCO3)CCCN1. The summed E-state index contributed by atoms with van der Waals surface area (Å²) in [6.07, 6.45) is 4.49. The maximum Gasteiger partial charge on any atom is 0.175 e. The van der Waals surface area contributed by atoms with E-state index in [1.54, 1.807) is 0 Å². The highest BCUT2D eigenvalue weighted by Gasteiger charge is 2.36. The summed E-state index contributed by atoms with van der Waals surface area (Å²) in [6, 6.07) is 4.35. The highest BCUT2D eigenvalue weighted by Crippen LogP contribution is 2.40. The van der Waals surface area contributed by atoms with Gasteiger partial charge in [-0.15, -0.1) is 0 Å². The van der Waals surface area contributed by atoms with Gasteiger partial charge in [-0.05, 0) is 65.4 Å². The van der Waals surface area contributed by atoms with Gasteiger partial charge in [-0.2, -0.15) is 0 Å². The first-order valence-corrected chi connectivity index (χ1v) is 8.73. The van der Waals surface area contributed by atoms with Crippen LogP contribution in [0.2, 0.25) is 0 Å². The van der Waals surface area contributed by atoms with Gasteiger partial charge in [0.25, 0.3) is 0 Å². The Morgan fingerprint density at radius 2 is 2.05 bits per heavy atom. The Morgan fingerprint density at radius 3 is 2.76 bits per heavy atom. The molecule has 1 unspecified atom stereocenters. The van der Waals surface area contributed by atoms with Crippen molar-refractivity contribution in [3.05, 3.63) is 22.2 Å². The van der Waals surface area contributed by atoms with Gasteiger partial charge in [0.1, 0.15) is 0 Å². The molecular weight excluding hydrogens is 330 g/mol. The molecule has 1 N–H and O–H groups in total. The number of hydrogen-bond donors (Lipinski definition) is 1. The Balaban J connectivity index is 1.89. The average molecular weight is 354 g/mol. The van der Waals surface area contributed by atoms with Crippen LogP contribution in [0.1, 0.15) is 38.7 Å². The van der Waals surface area contributed by atoms with Gasteiger partial charge < -0.3 is 14.8 Å². The first-order chi connectivity index (χ1) is 10.1. The zero-order valence-electron chi connectivity index (χ0n) is 12.9. The zero-order chi connectivity index (χ0) is 14.9. The molecule has 0 radical (unpaired) electrons. The second-order valence-electron chi connectivity index (χ2n) is 6.47. The molecule has 4 heteroatoms. The van der Waals surface area contributed by atoms with E-state index in [0.717, 1.165) is 48.6 Å². The molecular formula is C17H24BrNO2. The summed E-state index contributed by atoms with van der Waals surface area (Å²) in [5.41, 5.74) is 1.54. The normalized spacial score (nSPS) is 25.1. The van der Waals surface area contributed by atoms with Gasteiger partial charge in [0, 0.05) is 12.0 Å². The van der Waals surface area contributed by atoms with Crippen LogP contribution in [0.15, 0.2) is 16.6 Å². The van der Waals surface area contributed by atoms with Crippen LogP contribution in [-0.2, 0) is 6.42 Å². The molecule has 1 fully saturated rings. The van der Waals surface area contributed by atoms with Gasteiger partial charge in [0.2, 0.25) is 0 Å². The predicted molar refractivity (Wildman–Crippen MR) is 88.3 cm³/mol. The first-order valence-electron chi connectivity index (χ1n) is 7.94. The van der Waals surface area contributed by atoms with E-state index in [1.807, 2.05) is 0 Å². The van der Waals surface area contributed by atoms with Crippen LogP contribution in [0.4, 0.5) is 0 Å². The number of ether oxygens (including phenoxy) is 2. The maximum atomic E-state index is 5.85. The first kappa shape index (κ1) is 15.2. The van der Waals surface area contributed by atoms with E-state index >= 15 is 0 Å². The Hall–Kier alpha value is -0.740.